The molecule has 2 fully saturated rings. The molecule has 1 aromatic carbocycles. The first-order valence-electron chi connectivity index (χ1n) is 7.38. The number of nitrogens with one attached hydrogen (secondary N) is 1. The van der Waals surface area contributed by atoms with Gasteiger partial charge in [0.15, 0.2) is 0 Å². The minimum atomic E-state index is -0.0190. The summed E-state index contributed by atoms with van der Waals surface area (Å²) in [7, 11) is 1.90. The summed E-state index contributed by atoms with van der Waals surface area (Å²) in [5.74, 6) is 0.713. The molecule has 4 heteroatoms. The largest absolute Gasteiger partial charge is 0.379 e. The monoisotopic (exact) mass is 274 g/mol. The van der Waals surface area contributed by atoms with Crippen molar-refractivity contribution in [3.05, 3.63) is 35.9 Å². The van der Waals surface area contributed by atoms with Gasteiger partial charge >= 0.3 is 0 Å². The summed E-state index contributed by atoms with van der Waals surface area (Å²) < 4.78 is 5.44. The highest BCUT2D eigenvalue weighted by Gasteiger charge is 2.38. The Morgan fingerprint density at radius 3 is 2.85 bits per heavy atom. The van der Waals surface area contributed by atoms with E-state index in [2.05, 4.69) is 29.6 Å². The SMILES string of the molecule is CNC1COCC1C(=O)N1CCC(c2ccccc2)C1. The van der Waals surface area contributed by atoms with Crippen molar-refractivity contribution in [3.63, 3.8) is 0 Å². The van der Waals surface area contributed by atoms with Crippen LogP contribution in [-0.2, 0) is 9.53 Å². The van der Waals surface area contributed by atoms with Gasteiger partial charge < -0.3 is 15.0 Å². The van der Waals surface area contributed by atoms with Crippen molar-refractivity contribution < 1.29 is 9.53 Å². The van der Waals surface area contributed by atoms with Crippen molar-refractivity contribution in [3.8, 4) is 0 Å². The van der Waals surface area contributed by atoms with Gasteiger partial charge in [0.25, 0.3) is 0 Å². The van der Waals surface area contributed by atoms with Crippen LogP contribution in [-0.4, -0.2) is 50.2 Å². The smallest absolute Gasteiger partial charge is 0.229 e. The summed E-state index contributed by atoms with van der Waals surface area (Å²) in [6.07, 6.45) is 1.06. The van der Waals surface area contributed by atoms with Crippen molar-refractivity contribution >= 4 is 5.91 Å². The van der Waals surface area contributed by atoms with Crippen molar-refractivity contribution in [1.82, 2.24) is 10.2 Å². The maximum atomic E-state index is 12.6. The van der Waals surface area contributed by atoms with Gasteiger partial charge in [-0.1, -0.05) is 30.3 Å². The van der Waals surface area contributed by atoms with Crippen molar-refractivity contribution in [2.45, 2.75) is 18.4 Å². The fourth-order valence-corrected chi connectivity index (χ4v) is 3.27. The van der Waals surface area contributed by atoms with Crippen LogP contribution >= 0.6 is 0 Å². The van der Waals surface area contributed by atoms with Gasteiger partial charge in [-0.25, -0.2) is 0 Å². The van der Waals surface area contributed by atoms with Crippen LogP contribution in [0.3, 0.4) is 0 Å². The Hall–Kier alpha value is -1.39. The summed E-state index contributed by atoms with van der Waals surface area (Å²) in [6, 6.07) is 10.7. The van der Waals surface area contributed by atoms with E-state index in [1.54, 1.807) is 0 Å². The van der Waals surface area contributed by atoms with Gasteiger partial charge in [0, 0.05) is 25.0 Å². The first kappa shape index (κ1) is 13.6. The number of carbonyl (C=O) groups excluding carboxylic acids is 1. The zero-order chi connectivity index (χ0) is 13.9. The molecule has 108 valence electrons. The topological polar surface area (TPSA) is 41.6 Å². The van der Waals surface area contributed by atoms with Gasteiger partial charge in [0.1, 0.15) is 0 Å². The Labute approximate surface area is 120 Å². The van der Waals surface area contributed by atoms with E-state index in [1.807, 2.05) is 18.0 Å². The molecule has 4 nitrogen and oxygen atoms in total. The van der Waals surface area contributed by atoms with Crippen LogP contribution in [0.2, 0.25) is 0 Å². The van der Waals surface area contributed by atoms with Crippen molar-refractivity contribution in [2.75, 3.05) is 33.4 Å². The number of nitrogens with zero attached hydrogens (tertiary/aromatic N) is 1. The Bertz CT molecular complexity index is 463. The van der Waals surface area contributed by atoms with E-state index in [0.717, 1.165) is 19.5 Å². The highest BCUT2D eigenvalue weighted by Crippen LogP contribution is 2.29. The van der Waals surface area contributed by atoms with Gasteiger partial charge in [-0.05, 0) is 19.0 Å². The van der Waals surface area contributed by atoms with Crippen LogP contribution in [0, 0.1) is 5.92 Å². The van der Waals surface area contributed by atoms with E-state index in [0.29, 0.717) is 19.1 Å². The summed E-state index contributed by atoms with van der Waals surface area (Å²) in [5.41, 5.74) is 1.34. The lowest BCUT2D eigenvalue weighted by Gasteiger charge is -2.23. The first-order chi connectivity index (χ1) is 9.79. The molecule has 3 unspecified atom stereocenters. The summed E-state index contributed by atoms with van der Waals surface area (Å²) in [4.78, 5) is 14.6. The minimum Gasteiger partial charge on any atom is -0.379 e. The molecule has 0 aromatic heterocycles. The van der Waals surface area contributed by atoms with Crippen molar-refractivity contribution in [1.29, 1.82) is 0 Å². The Morgan fingerprint density at radius 1 is 1.30 bits per heavy atom. The molecule has 20 heavy (non-hydrogen) atoms. The van der Waals surface area contributed by atoms with Gasteiger partial charge in [-0.15, -0.1) is 0 Å². The highest BCUT2D eigenvalue weighted by atomic mass is 16.5. The van der Waals surface area contributed by atoms with E-state index in [1.165, 1.54) is 5.56 Å². The standard InChI is InChI=1S/C16H22N2O2/c1-17-15-11-20-10-14(15)16(19)18-8-7-13(9-18)12-5-3-2-4-6-12/h2-6,13-15,17H,7-11H2,1H3. The number of likely N-dealkylation sites (N-methyl/N-ethyl adjacent to an activating group) is 1. The molecule has 0 aliphatic carbocycles. The predicted molar refractivity (Wildman–Crippen MR) is 77.5 cm³/mol. The number of hydrogen-bond donors (Lipinski definition) is 1. The Kier molecular flexibility index (Phi) is 4.03. The number of benzene rings is 1. The second-order valence-electron chi connectivity index (χ2n) is 5.72. The fourth-order valence-electron chi connectivity index (χ4n) is 3.27. The van der Waals surface area contributed by atoms with Gasteiger partial charge in [-0.3, -0.25) is 4.79 Å². The van der Waals surface area contributed by atoms with Crippen LogP contribution in [0.5, 0.6) is 0 Å². The first-order valence-corrected chi connectivity index (χ1v) is 7.38. The van der Waals surface area contributed by atoms with E-state index < -0.39 is 0 Å². The van der Waals surface area contributed by atoms with Crippen LogP contribution < -0.4 is 5.32 Å². The average molecular weight is 274 g/mol. The van der Waals surface area contributed by atoms with Crippen LogP contribution in [0.1, 0.15) is 17.9 Å². The fraction of sp³-hybridized carbons (Fsp3) is 0.562. The number of ether oxygens (including phenoxy) is 1. The molecule has 3 rings (SSSR count). The van der Waals surface area contributed by atoms with Gasteiger partial charge in [0.2, 0.25) is 5.91 Å². The Morgan fingerprint density at radius 2 is 2.10 bits per heavy atom. The van der Waals surface area contributed by atoms with Crippen LogP contribution in [0.15, 0.2) is 30.3 Å². The minimum absolute atomic E-state index is 0.0190. The normalized spacial score (nSPS) is 29.9. The molecule has 3 atom stereocenters. The lowest BCUT2D eigenvalue weighted by molar-refractivity contribution is -0.134. The molecule has 1 N–H and O–H groups in total. The maximum Gasteiger partial charge on any atom is 0.229 e. The summed E-state index contributed by atoms with van der Waals surface area (Å²) >= 11 is 0. The molecule has 0 saturated carbocycles. The number of amides is 1. The summed E-state index contributed by atoms with van der Waals surface area (Å²) in [6.45, 7) is 2.90. The van der Waals surface area contributed by atoms with E-state index in [9.17, 15) is 4.79 Å². The van der Waals surface area contributed by atoms with Gasteiger partial charge in [0.05, 0.1) is 19.1 Å². The molecule has 1 aromatic rings. The number of hydrogen-bond acceptors (Lipinski definition) is 3. The molecule has 2 saturated heterocycles. The van der Waals surface area contributed by atoms with Gasteiger partial charge in [-0.2, -0.15) is 0 Å². The third-order valence-corrected chi connectivity index (χ3v) is 4.54. The third-order valence-electron chi connectivity index (χ3n) is 4.54. The molecule has 2 aliphatic heterocycles. The number of carbonyl (C=O) groups is 1. The lowest BCUT2D eigenvalue weighted by Crippen LogP contribution is -2.43. The third kappa shape index (κ3) is 2.58. The van der Waals surface area contributed by atoms with E-state index >= 15 is 0 Å². The van der Waals surface area contributed by atoms with Crippen molar-refractivity contribution in [2.24, 2.45) is 5.92 Å². The van der Waals surface area contributed by atoms with Crippen LogP contribution in [0.4, 0.5) is 0 Å². The zero-order valence-corrected chi connectivity index (χ0v) is 11.9. The van der Waals surface area contributed by atoms with E-state index in [-0.39, 0.29) is 17.9 Å². The Balaban J connectivity index is 1.64. The molecular formula is C16H22N2O2. The molecule has 2 aliphatic rings. The number of likely N-dealkylation sites (tertiary alicyclic amines) is 1. The predicted octanol–water partition coefficient (Wildman–Crippen LogP) is 1.24. The molecule has 0 bridgehead atoms. The second kappa shape index (κ2) is 5.94. The molecule has 1 amide bonds. The average Bonchev–Trinajstić information content (AvgIpc) is 3.16. The molecular weight excluding hydrogens is 252 g/mol. The highest BCUT2D eigenvalue weighted by molar-refractivity contribution is 5.80. The lowest BCUT2D eigenvalue weighted by atomic mass is 9.98. The second-order valence-corrected chi connectivity index (χ2v) is 5.72. The van der Waals surface area contributed by atoms with Crippen LogP contribution in [0.25, 0.3) is 0 Å². The maximum absolute atomic E-state index is 12.6. The molecule has 0 spiro atoms. The summed E-state index contributed by atoms with van der Waals surface area (Å²) in [5, 5.41) is 3.19. The quantitative estimate of drug-likeness (QED) is 0.901. The molecule has 0 radical (unpaired) electrons. The zero-order valence-electron chi connectivity index (χ0n) is 11.9. The molecule has 2 heterocycles. The number of rotatable bonds is 3. The van der Waals surface area contributed by atoms with E-state index in [4.69, 9.17) is 4.74 Å².